The van der Waals surface area contributed by atoms with Gasteiger partial charge in [-0.1, -0.05) is 18.2 Å². The average molecular weight is 610 g/mol. The Morgan fingerprint density at radius 3 is 2.44 bits per heavy atom. The first-order valence-electron chi connectivity index (χ1n) is 12.8. The fourth-order valence-corrected chi connectivity index (χ4v) is 4.56. The van der Waals surface area contributed by atoms with Gasteiger partial charge in [0.05, 0.1) is 11.1 Å². The van der Waals surface area contributed by atoms with E-state index in [1.807, 2.05) is 0 Å². The standard InChI is InChI=1S/C29H25F6N3O5/c1-36-24-7-5-18(17-3-2-4-19(11-17)29(33,34)35)12-22(24)27(41)38-10-9-37(14-20(38)15-39)26(40)16-42-25-8-6-21(13-23(25)30)43-28(31)32/h2-8,11-13,15,20,28,36H,9-10,14,16H2,1H3. The number of piperazine rings is 1. The predicted octanol–water partition coefficient (Wildman–Crippen LogP) is 5.09. The Labute approximate surface area is 241 Å². The van der Waals surface area contributed by atoms with Crippen LogP contribution in [0, 0.1) is 5.82 Å². The quantitative estimate of drug-likeness (QED) is 0.269. The van der Waals surface area contributed by atoms with Gasteiger partial charge in [-0.3, -0.25) is 9.59 Å². The Morgan fingerprint density at radius 2 is 1.79 bits per heavy atom. The maximum absolute atomic E-state index is 14.2. The lowest BCUT2D eigenvalue weighted by molar-refractivity contribution is -0.138. The van der Waals surface area contributed by atoms with Gasteiger partial charge in [0.2, 0.25) is 0 Å². The molecule has 0 saturated carbocycles. The number of hydrogen-bond acceptors (Lipinski definition) is 6. The van der Waals surface area contributed by atoms with E-state index >= 15 is 0 Å². The number of nitrogens with one attached hydrogen (secondary N) is 1. The van der Waals surface area contributed by atoms with Crippen LogP contribution in [-0.4, -0.2) is 73.8 Å². The highest BCUT2D eigenvalue weighted by molar-refractivity contribution is 6.02. The van der Waals surface area contributed by atoms with E-state index < -0.39 is 54.4 Å². The molecule has 0 aliphatic carbocycles. The van der Waals surface area contributed by atoms with Crippen LogP contribution >= 0.6 is 0 Å². The topological polar surface area (TPSA) is 88.2 Å². The van der Waals surface area contributed by atoms with Crippen LogP contribution < -0.4 is 14.8 Å². The first-order valence-corrected chi connectivity index (χ1v) is 12.8. The lowest BCUT2D eigenvalue weighted by Gasteiger charge is -2.39. The number of alkyl halides is 5. The lowest BCUT2D eigenvalue weighted by atomic mass is 9.98. The Hall–Kier alpha value is -4.75. The molecule has 1 fully saturated rings. The van der Waals surface area contributed by atoms with Gasteiger partial charge in [-0.05, 0) is 47.5 Å². The molecule has 1 aliphatic rings. The molecular formula is C29H25F6N3O5. The summed E-state index contributed by atoms with van der Waals surface area (Å²) in [6, 6.07) is 10.9. The minimum atomic E-state index is -4.55. The molecule has 2 amide bonds. The van der Waals surface area contributed by atoms with Gasteiger partial charge < -0.3 is 29.4 Å². The number of anilines is 1. The molecule has 1 unspecified atom stereocenters. The molecule has 0 bridgehead atoms. The van der Waals surface area contributed by atoms with E-state index in [0.717, 1.165) is 24.3 Å². The average Bonchev–Trinajstić information content (AvgIpc) is 2.98. The summed E-state index contributed by atoms with van der Waals surface area (Å²) in [6.07, 6.45) is -4.06. The molecule has 0 spiro atoms. The number of nitrogens with zero attached hydrogens (tertiary/aromatic N) is 2. The molecule has 0 aromatic heterocycles. The van der Waals surface area contributed by atoms with Crippen molar-refractivity contribution in [3.63, 3.8) is 0 Å². The van der Waals surface area contributed by atoms with Crippen molar-refractivity contribution in [2.24, 2.45) is 0 Å². The zero-order valence-corrected chi connectivity index (χ0v) is 22.5. The first kappa shape index (κ1) is 31.2. The molecule has 3 aromatic rings. The summed E-state index contributed by atoms with van der Waals surface area (Å²) in [5.41, 5.74) is 0.234. The molecule has 1 aliphatic heterocycles. The molecule has 43 heavy (non-hydrogen) atoms. The molecule has 0 radical (unpaired) electrons. The van der Waals surface area contributed by atoms with Crippen molar-refractivity contribution in [1.29, 1.82) is 0 Å². The number of hydrogen-bond donors (Lipinski definition) is 1. The summed E-state index contributed by atoms with van der Waals surface area (Å²) in [7, 11) is 1.56. The van der Waals surface area contributed by atoms with Gasteiger partial charge >= 0.3 is 12.8 Å². The van der Waals surface area contributed by atoms with Crippen LogP contribution in [0.25, 0.3) is 11.1 Å². The van der Waals surface area contributed by atoms with E-state index in [1.54, 1.807) is 19.2 Å². The number of carbonyl (C=O) groups excluding carboxylic acids is 3. The van der Waals surface area contributed by atoms with Crippen molar-refractivity contribution < 1.29 is 50.2 Å². The number of rotatable bonds is 9. The maximum atomic E-state index is 14.2. The Morgan fingerprint density at radius 1 is 1.05 bits per heavy atom. The van der Waals surface area contributed by atoms with Crippen LogP contribution in [0.2, 0.25) is 0 Å². The zero-order chi connectivity index (χ0) is 31.3. The Kier molecular flexibility index (Phi) is 9.46. The highest BCUT2D eigenvalue weighted by Gasteiger charge is 2.34. The van der Waals surface area contributed by atoms with Crippen molar-refractivity contribution in [3.05, 3.63) is 77.6 Å². The molecule has 1 atom stereocenters. The van der Waals surface area contributed by atoms with Gasteiger partial charge in [-0.2, -0.15) is 22.0 Å². The summed E-state index contributed by atoms with van der Waals surface area (Å²) in [6.45, 7) is -4.02. The molecule has 4 rings (SSSR count). The van der Waals surface area contributed by atoms with E-state index in [-0.39, 0.29) is 36.5 Å². The van der Waals surface area contributed by atoms with Crippen LogP contribution in [0.1, 0.15) is 15.9 Å². The van der Waals surface area contributed by atoms with Crippen molar-refractivity contribution >= 4 is 23.8 Å². The van der Waals surface area contributed by atoms with Gasteiger partial charge in [-0.15, -0.1) is 0 Å². The van der Waals surface area contributed by atoms with Crippen LogP contribution in [0.15, 0.2) is 60.7 Å². The third-order valence-corrected chi connectivity index (χ3v) is 6.71. The van der Waals surface area contributed by atoms with Gasteiger partial charge in [0, 0.05) is 38.4 Å². The van der Waals surface area contributed by atoms with E-state index in [4.69, 9.17) is 4.74 Å². The summed E-state index contributed by atoms with van der Waals surface area (Å²) in [5.74, 6) is -3.03. The van der Waals surface area contributed by atoms with Crippen molar-refractivity contribution in [1.82, 2.24) is 9.80 Å². The molecule has 1 N–H and O–H groups in total. The molecule has 1 saturated heterocycles. The van der Waals surface area contributed by atoms with Crippen LogP contribution in [0.4, 0.5) is 32.0 Å². The van der Waals surface area contributed by atoms with Gasteiger partial charge in [0.25, 0.3) is 11.8 Å². The second-order valence-electron chi connectivity index (χ2n) is 9.39. The number of amides is 2. The largest absolute Gasteiger partial charge is 0.481 e. The minimum Gasteiger partial charge on any atom is -0.481 e. The van der Waals surface area contributed by atoms with Crippen LogP contribution in [0.3, 0.4) is 0 Å². The Balaban J connectivity index is 1.46. The van der Waals surface area contributed by atoms with Gasteiger partial charge in [0.1, 0.15) is 18.1 Å². The maximum Gasteiger partial charge on any atom is 0.416 e. The van der Waals surface area contributed by atoms with E-state index in [0.29, 0.717) is 23.6 Å². The molecule has 14 heteroatoms. The number of aldehydes is 1. The normalized spacial score (nSPS) is 15.3. The summed E-state index contributed by atoms with van der Waals surface area (Å²) < 4.78 is 87.8. The smallest absolute Gasteiger partial charge is 0.416 e. The molecular weight excluding hydrogens is 584 g/mol. The van der Waals surface area contributed by atoms with Gasteiger partial charge in [0.15, 0.2) is 18.2 Å². The molecule has 3 aromatic carbocycles. The van der Waals surface area contributed by atoms with E-state index in [2.05, 4.69) is 10.1 Å². The summed E-state index contributed by atoms with van der Waals surface area (Å²) >= 11 is 0. The number of carbonyl (C=O) groups is 3. The van der Waals surface area contributed by atoms with Crippen molar-refractivity contribution in [3.8, 4) is 22.6 Å². The third-order valence-electron chi connectivity index (χ3n) is 6.71. The van der Waals surface area contributed by atoms with Gasteiger partial charge in [-0.25, -0.2) is 4.39 Å². The van der Waals surface area contributed by atoms with Crippen LogP contribution in [0.5, 0.6) is 11.5 Å². The predicted molar refractivity (Wildman–Crippen MR) is 142 cm³/mol. The molecule has 228 valence electrons. The van der Waals surface area contributed by atoms with E-state index in [9.17, 15) is 40.7 Å². The fraction of sp³-hybridized carbons (Fsp3) is 0.276. The molecule has 8 nitrogen and oxygen atoms in total. The summed E-state index contributed by atoms with van der Waals surface area (Å²) in [4.78, 5) is 40.8. The zero-order valence-electron chi connectivity index (χ0n) is 22.5. The number of halogens is 6. The lowest BCUT2D eigenvalue weighted by Crippen LogP contribution is -2.58. The number of ether oxygens (including phenoxy) is 2. The van der Waals surface area contributed by atoms with E-state index in [1.165, 1.54) is 28.0 Å². The first-order chi connectivity index (χ1) is 20.4. The number of benzene rings is 3. The highest BCUT2D eigenvalue weighted by atomic mass is 19.4. The second-order valence-corrected chi connectivity index (χ2v) is 9.39. The van der Waals surface area contributed by atoms with Crippen molar-refractivity contribution in [2.45, 2.75) is 18.8 Å². The fourth-order valence-electron chi connectivity index (χ4n) is 4.56. The monoisotopic (exact) mass is 609 g/mol. The van der Waals surface area contributed by atoms with Crippen LogP contribution in [-0.2, 0) is 15.8 Å². The Bertz CT molecular complexity index is 1500. The second kappa shape index (κ2) is 13.0. The minimum absolute atomic E-state index is 0.00409. The highest BCUT2D eigenvalue weighted by Crippen LogP contribution is 2.33. The SMILES string of the molecule is CNc1ccc(-c2cccc(C(F)(F)F)c2)cc1C(=O)N1CCN(C(=O)COc2ccc(OC(F)F)cc2F)CC1C=O. The van der Waals surface area contributed by atoms with Crippen molar-refractivity contribution in [2.75, 3.05) is 38.6 Å². The third kappa shape index (κ3) is 7.37. The summed E-state index contributed by atoms with van der Waals surface area (Å²) in [5, 5.41) is 2.87. The molecule has 1 heterocycles.